The number of rotatable bonds is 7. The van der Waals surface area contributed by atoms with Gasteiger partial charge in [0.2, 0.25) is 5.91 Å². The fourth-order valence-corrected chi connectivity index (χ4v) is 4.83. The molecular weight excluding hydrogens is 475 g/mol. The Morgan fingerprint density at radius 1 is 1.20 bits per heavy atom. The summed E-state index contributed by atoms with van der Waals surface area (Å²) in [6.07, 6.45) is 0.00416. The van der Waals surface area contributed by atoms with Gasteiger partial charge in [0.05, 0.1) is 35.8 Å². The van der Waals surface area contributed by atoms with Crippen molar-refractivity contribution < 1.29 is 23.6 Å². The number of hydrogen-bond donors (Lipinski definition) is 1. The van der Waals surface area contributed by atoms with Gasteiger partial charge in [-0.1, -0.05) is 23.9 Å². The van der Waals surface area contributed by atoms with Crippen molar-refractivity contribution in [2.45, 2.75) is 25.9 Å². The summed E-state index contributed by atoms with van der Waals surface area (Å²) in [6, 6.07) is 11.1. The molecule has 0 saturated heterocycles. The number of carbonyl (C=O) groups is 2. The van der Waals surface area contributed by atoms with Crippen molar-refractivity contribution in [1.82, 2.24) is 10.2 Å². The van der Waals surface area contributed by atoms with Gasteiger partial charge in [0, 0.05) is 24.4 Å². The number of non-ortho nitro benzene ring substituents is 1. The zero-order valence-electron chi connectivity index (χ0n) is 18.9. The Balaban J connectivity index is 1.60. The maximum atomic E-state index is 13.1. The molecule has 2 heterocycles. The highest BCUT2D eigenvalue weighted by molar-refractivity contribution is 8.16. The number of aliphatic imine (C=N–C) groups is 1. The number of esters is 1. The van der Waals surface area contributed by atoms with E-state index in [2.05, 4.69) is 10.3 Å². The van der Waals surface area contributed by atoms with Gasteiger partial charge in [-0.15, -0.1) is 0 Å². The molecule has 2 aromatic carbocycles. The topological polar surface area (TPSA) is 114 Å². The van der Waals surface area contributed by atoms with E-state index in [1.807, 2.05) is 0 Å². The number of fused-ring (bicyclic) bond motifs is 1. The van der Waals surface area contributed by atoms with Gasteiger partial charge in [-0.05, 0) is 47.7 Å². The lowest BCUT2D eigenvalue weighted by atomic mass is 9.93. The Morgan fingerprint density at radius 2 is 1.89 bits per heavy atom. The average molecular weight is 497 g/mol. The predicted molar refractivity (Wildman–Crippen MR) is 128 cm³/mol. The maximum absolute atomic E-state index is 13.1. The average Bonchev–Trinajstić information content (AvgIpc) is 3.24. The Hall–Kier alpha value is -3.99. The summed E-state index contributed by atoms with van der Waals surface area (Å²) in [4.78, 5) is 42.4. The number of nitro groups is 1. The van der Waals surface area contributed by atoms with Crippen molar-refractivity contribution in [3.05, 3.63) is 98.0 Å². The molecule has 1 unspecified atom stereocenters. The number of carbonyl (C=O) groups excluding carboxylic acids is 2. The van der Waals surface area contributed by atoms with Crippen molar-refractivity contribution in [3.63, 3.8) is 0 Å². The van der Waals surface area contributed by atoms with Gasteiger partial charge < -0.3 is 15.0 Å². The molecule has 9 nitrogen and oxygen atoms in total. The first-order valence-corrected chi connectivity index (χ1v) is 11.4. The number of halogens is 1. The van der Waals surface area contributed by atoms with E-state index in [0.29, 0.717) is 22.1 Å². The number of ether oxygens (including phenoxy) is 1. The summed E-state index contributed by atoms with van der Waals surface area (Å²) in [5, 5.41) is 16.3. The van der Waals surface area contributed by atoms with Gasteiger partial charge in [0.15, 0.2) is 5.17 Å². The van der Waals surface area contributed by atoms with E-state index in [0.717, 1.165) is 5.56 Å². The number of amides is 1. The van der Waals surface area contributed by atoms with E-state index in [1.54, 1.807) is 41.5 Å². The molecule has 0 bridgehead atoms. The monoisotopic (exact) mass is 496 g/mol. The first-order chi connectivity index (χ1) is 16.8. The number of nitrogens with zero attached hydrogens (tertiary/aromatic N) is 3. The third kappa shape index (κ3) is 5.09. The Bertz CT molecular complexity index is 1270. The van der Waals surface area contributed by atoms with Gasteiger partial charge in [-0.2, -0.15) is 0 Å². The van der Waals surface area contributed by atoms with E-state index >= 15 is 0 Å². The lowest BCUT2D eigenvalue weighted by molar-refractivity contribution is -0.384. The van der Waals surface area contributed by atoms with Crippen LogP contribution in [0.3, 0.4) is 0 Å². The van der Waals surface area contributed by atoms with Crippen molar-refractivity contribution >= 4 is 34.5 Å². The molecule has 180 valence electrons. The molecule has 11 heteroatoms. The number of hydrogen-bond acceptors (Lipinski definition) is 8. The van der Waals surface area contributed by atoms with Crippen LogP contribution in [0.2, 0.25) is 0 Å². The van der Waals surface area contributed by atoms with E-state index in [4.69, 9.17) is 4.74 Å². The van der Waals surface area contributed by atoms with Crippen LogP contribution in [-0.2, 0) is 20.9 Å². The zero-order valence-corrected chi connectivity index (χ0v) is 19.7. The molecule has 0 fully saturated rings. The highest BCUT2D eigenvalue weighted by Gasteiger charge is 2.41. The summed E-state index contributed by atoms with van der Waals surface area (Å²) in [6.45, 7) is 1.93. The van der Waals surface area contributed by atoms with Crippen LogP contribution in [0.4, 0.5) is 10.1 Å². The minimum absolute atomic E-state index is 0.00416. The normalized spacial score (nSPS) is 16.9. The van der Waals surface area contributed by atoms with Crippen LogP contribution in [0.15, 0.2) is 75.9 Å². The zero-order chi connectivity index (χ0) is 25.1. The molecule has 4 rings (SSSR count). The second-order valence-corrected chi connectivity index (χ2v) is 8.65. The number of methoxy groups -OCH3 is 1. The number of benzene rings is 2. The van der Waals surface area contributed by atoms with Crippen LogP contribution in [0.25, 0.3) is 0 Å². The minimum Gasteiger partial charge on any atom is -0.466 e. The number of thioether (sulfide) groups is 1. The van der Waals surface area contributed by atoms with Gasteiger partial charge in [-0.3, -0.25) is 14.9 Å². The van der Waals surface area contributed by atoms with Crippen molar-refractivity contribution in [2.75, 3.05) is 7.11 Å². The van der Waals surface area contributed by atoms with Crippen molar-refractivity contribution in [1.29, 1.82) is 0 Å². The Labute approximate surface area is 204 Å². The fraction of sp³-hybridized carbons (Fsp3) is 0.208. The molecule has 2 aliphatic heterocycles. The highest BCUT2D eigenvalue weighted by Crippen LogP contribution is 2.45. The highest BCUT2D eigenvalue weighted by atomic mass is 32.2. The summed E-state index contributed by atoms with van der Waals surface area (Å²) in [5.41, 5.74) is 2.65. The first kappa shape index (κ1) is 24.1. The fourth-order valence-electron chi connectivity index (χ4n) is 3.86. The van der Waals surface area contributed by atoms with Crippen LogP contribution in [0.1, 0.15) is 30.5 Å². The van der Waals surface area contributed by atoms with E-state index < -0.39 is 16.9 Å². The predicted octanol–water partition coefficient (Wildman–Crippen LogP) is 4.19. The molecule has 0 aromatic heterocycles. The lowest BCUT2D eigenvalue weighted by Gasteiger charge is -2.36. The number of allylic oxidation sites excluding steroid dienone is 1. The van der Waals surface area contributed by atoms with Crippen LogP contribution < -0.4 is 5.32 Å². The quantitative estimate of drug-likeness (QED) is 0.347. The number of nitrogens with one attached hydrogen (secondary N) is 1. The molecular formula is C24H21FN4O5S. The third-order valence-corrected chi connectivity index (χ3v) is 6.46. The molecule has 2 aromatic rings. The van der Waals surface area contributed by atoms with Gasteiger partial charge in [0.1, 0.15) is 5.82 Å². The Kier molecular flexibility index (Phi) is 6.97. The molecule has 0 radical (unpaired) electrons. The van der Waals surface area contributed by atoms with Crippen LogP contribution in [0.5, 0.6) is 0 Å². The summed E-state index contributed by atoms with van der Waals surface area (Å²) < 4.78 is 18.1. The molecule has 2 aliphatic rings. The smallest absolute Gasteiger partial charge is 0.338 e. The first-order valence-electron chi connectivity index (χ1n) is 10.6. The molecule has 0 aliphatic carbocycles. The lowest BCUT2D eigenvalue weighted by Crippen LogP contribution is -2.37. The van der Waals surface area contributed by atoms with Gasteiger partial charge in [0.25, 0.3) is 5.69 Å². The van der Waals surface area contributed by atoms with E-state index in [-0.39, 0.29) is 36.0 Å². The minimum atomic E-state index is -0.679. The second kappa shape index (κ2) is 10.1. The van der Waals surface area contributed by atoms with Crippen LogP contribution in [0, 0.1) is 15.9 Å². The van der Waals surface area contributed by atoms with Crippen LogP contribution >= 0.6 is 11.8 Å². The second-order valence-electron chi connectivity index (χ2n) is 7.81. The Morgan fingerprint density at radius 3 is 2.51 bits per heavy atom. The number of amidine groups is 1. The van der Waals surface area contributed by atoms with E-state index in [1.165, 1.54) is 43.1 Å². The molecule has 0 saturated carbocycles. The summed E-state index contributed by atoms with van der Waals surface area (Å²) >= 11 is 1.32. The standard InChI is InChI=1S/C24H21FN4O5S/c1-14-21(23(31)34-2)22(16-5-9-18(10-6-16)29(32)33)28-19(13-35-24(28)27-14)11-20(30)26-12-15-3-7-17(25)8-4-15/h3-10,13,22H,11-12H2,1-2H3,(H,26,30). The summed E-state index contributed by atoms with van der Waals surface area (Å²) in [5.74, 6) is -1.20. The molecule has 1 N–H and O–H groups in total. The number of nitro benzene ring substituents is 1. The largest absolute Gasteiger partial charge is 0.466 e. The van der Waals surface area contributed by atoms with Crippen LogP contribution in [-0.4, -0.2) is 34.0 Å². The summed E-state index contributed by atoms with van der Waals surface area (Å²) in [7, 11) is 1.27. The SMILES string of the molecule is COC(=O)C1=C(C)N=C2SC=C(CC(=O)NCc3ccc(F)cc3)N2C1c1ccc([N+](=O)[O-])cc1. The van der Waals surface area contributed by atoms with Crippen molar-refractivity contribution in [3.8, 4) is 0 Å². The third-order valence-electron chi connectivity index (χ3n) is 5.57. The van der Waals surface area contributed by atoms with Gasteiger partial charge in [-0.25, -0.2) is 14.2 Å². The molecule has 0 spiro atoms. The molecule has 1 amide bonds. The maximum Gasteiger partial charge on any atom is 0.338 e. The van der Waals surface area contributed by atoms with E-state index in [9.17, 15) is 24.1 Å². The molecule has 1 atom stereocenters. The molecule has 35 heavy (non-hydrogen) atoms. The van der Waals surface area contributed by atoms with Crippen molar-refractivity contribution in [2.24, 2.45) is 4.99 Å². The van der Waals surface area contributed by atoms with Gasteiger partial charge >= 0.3 is 5.97 Å².